The van der Waals surface area contributed by atoms with E-state index in [1.54, 1.807) is 0 Å². The van der Waals surface area contributed by atoms with E-state index in [1.807, 2.05) is 18.2 Å². The zero-order chi connectivity index (χ0) is 42.8. The highest BCUT2D eigenvalue weighted by Gasteiger charge is 2.22. The van der Waals surface area contributed by atoms with Gasteiger partial charge in [-0.2, -0.15) is 0 Å². The number of hydrogen-bond acceptors (Lipinski definition) is 2. The fourth-order valence-electron chi connectivity index (χ4n) is 10.2. The summed E-state index contributed by atoms with van der Waals surface area (Å²) in [4.78, 5) is 10.5. The van der Waals surface area contributed by atoms with Crippen LogP contribution in [0.5, 0.6) is 0 Å². The highest BCUT2D eigenvalue weighted by molar-refractivity contribution is 6.25. The van der Waals surface area contributed by atoms with Crippen LogP contribution in [0.1, 0.15) is 0 Å². The molecule has 2 aromatic heterocycles. The van der Waals surface area contributed by atoms with Gasteiger partial charge in [-0.15, -0.1) is 0 Å². The molecule has 11 aromatic carbocycles. The van der Waals surface area contributed by atoms with Crippen molar-refractivity contribution in [3.8, 4) is 61.3 Å². The summed E-state index contributed by atoms with van der Waals surface area (Å²) in [5.74, 6) is 0. The molecule has 3 heteroatoms. The fraction of sp³-hybridized carbons (Fsp3) is 0. The lowest BCUT2D eigenvalue weighted by atomic mass is 9.82. The van der Waals surface area contributed by atoms with E-state index < -0.39 is 0 Å². The van der Waals surface area contributed by atoms with Gasteiger partial charge in [0.2, 0.25) is 0 Å². The smallest absolute Gasteiger partial charge is 0.165 e. The number of para-hydroxylation sites is 3. The lowest BCUT2D eigenvalue weighted by Gasteiger charge is -2.21. The van der Waals surface area contributed by atoms with Crippen LogP contribution in [0.2, 0.25) is 0 Å². The van der Waals surface area contributed by atoms with Crippen molar-refractivity contribution in [1.82, 2.24) is 14.5 Å². The van der Waals surface area contributed by atoms with Crippen molar-refractivity contribution >= 4 is 65.4 Å². The van der Waals surface area contributed by atoms with Crippen LogP contribution in [0.15, 0.2) is 237 Å². The van der Waals surface area contributed by atoms with Crippen LogP contribution in [0.4, 0.5) is 0 Å². The molecule has 2 heterocycles. The number of rotatable bonds is 6. The molecule has 13 rings (SSSR count). The molecular weight excluding hydrogens is 787 g/mol. The number of hydrogen-bond donors (Lipinski definition) is 0. The van der Waals surface area contributed by atoms with Gasteiger partial charge in [-0.05, 0) is 136 Å². The van der Waals surface area contributed by atoms with Gasteiger partial charge in [0.05, 0.1) is 16.6 Å². The van der Waals surface area contributed by atoms with Crippen LogP contribution in [-0.4, -0.2) is 14.5 Å². The maximum absolute atomic E-state index is 5.27. The molecule has 0 atom stereocenters. The number of benzene rings is 11. The van der Waals surface area contributed by atoms with Crippen molar-refractivity contribution in [2.24, 2.45) is 0 Å². The molecule has 0 radical (unpaired) electrons. The summed E-state index contributed by atoms with van der Waals surface area (Å²) >= 11 is 0. The first kappa shape index (κ1) is 36.9. The Bertz CT molecular complexity index is 3980. The van der Waals surface area contributed by atoms with Crippen LogP contribution in [0.25, 0.3) is 127 Å². The quantitative estimate of drug-likeness (QED) is 0.156. The normalized spacial score (nSPS) is 11.7. The van der Waals surface area contributed by atoms with Gasteiger partial charge in [0, 0.05) is 11.1 Å². The molecule has 0 aliphatic heterocycles. The van der Waals surface area contributed by atoms with Crippen molar-refractivity contribution in [1.29, 1.82) is 0 Å². The molecule has 0 aliphatic carbocycles. The minimum absolute atomic E-state index is 0.850. The predicted octanol–water partition coefficient (Wildman–Crippen LogP) is 16.5. The second-order valence-electron chi connectivity index (χ2n) is 16.9. The van der Waals surface area contributed by atoms with Crippen LogP contribution < -0.4 is 0 Å². The van der Waals surface area contributed by atoms with Gasteiger partial charge in [0.15, 0.2) is 5.65 Å². The van der Waals surface area contributed by atoms with E-state index in [2.05, 4.69) is 223 Å². The van der Waals surface area contributed by atoms with Crippen molar-refractivity contribution in [3.05, 3.63) is 237 Å². The third-order valence-corrected chi connectivity index (χ3v) is 13.2. The Balaban J connectivity index is 1.10. The lowest BCUT2D eigenvalue weighted by molar-refractivity contribution is 1.14. The number of aromatic nitrogens is 3. The van der Waals surface area contributed by atoms with Crippen molar-refractivity contribution in [2.45, 2.75) is 0 Å². The second kappa shape index (κ2) is 15.0. The number of nitrogens with zero attached hydrogens (tertiary/aromatic N) is 3. The van der Waals surface area contributed by atoms with E-state index in [9.17, 15) is 0 Å². The maximum atomic E-state index is 5.27. The molecule has 0 spiro atoms. The third kappa shape index (κ3) is 6.05. The minimum Gasteiger partial charge on any atom is -0.293 e. The Hall–Kier alpha value is -8.66. The summed E-state index contributed by atoms with van der Waals surface area (Å²) in [6.07, 6.45) is 0. The lowest BCUT2D eigenvalue weighted by Crippen LogP contribution is -1.96. The van der Waals surface area contributed by atoms with Crippen molar-refractivity contribution in [2.75, 3.05) is 0 Å². The fourth-order valence-corrected chi connectivity index (χ4v) is 10.2. The minimum atomic E-state index is 0.850. The molecule has 0 amide bonds. The zero-order valence-electron chi connectivity index (χ0n) is 35.4. The first-order valence-electron chi connectivity index (χ1n) is 22.2. The van der Waals surface area contributed by atoms with E-state index in [0.29, 0.717) is 0 Å². The molecule has 65 heavy (non-hydrogen) atoms. The highest BCUT2D eigenvalue weighted by Crippen LogP contribution is 2.48. The molecule has 0 saturated carbocycles. The molecule has 0 saturated heterocycles. The van der Waals surface area contributed by atoms with Gasteiger partial charge >= 0.3 is 0 Å². The molecular formula is C62H39N3. The SMILES string of the molecule is c1ccc(-c2cccc(-c3c4ccccc4c(-c4ccc(-c5ccccc5)c5ccccc45)c4ccc(-c5ccc6c(c5)c5nc7ccccc7nc5n6-c5ccccc5)cc34)c2)cc1. The van der Waals surface area contributed by atoms with E-state index >= 15 is 0 Å². The Labute approximate surface area is 376 Å². The Morgan fingerprint density at radius 3 is 1.52 bits per heavy atom. The van der Waals surface area contributed by atoms with Gasteiger partial charge in [0.25, 0.3) is 0 Å². The van der Waals surface area contributed by atoms with Crippen LogP contribution in [0, 0.1) is 0 Å². The van der Waals surface area contributed by atoms with Crippen molar-refractivity contribution < 1.29 is 0 Å². The molecule has 3 nitrogen and oxygen atoms in total. The van der Waals surface area contributed by atoms with Crippen LogP contribution in [-0.2, 0) is 0 Å². The predicted molar refractivity (Wildman–Crippen MR) is 274 cm³/mol. The molecule has 0 unspecified atom stereocenters. The average Bonchev–Trinajstić information content (AvgIpc) is 3.70. The van der Waals surface area contributed by atoms with Gasteiger partial charge in [-0.25, -0.2) is 9.97 Å². The monoisotopic (exact) mass is 825 g/mol. The summed E-state index contributed by atoms with van der Waals surface area (Å²) in [6, 6.07) is 85.6. The molecule has 0 fully saturated rings. The molecule has 0 N–H and O–H groups in total. The molecule has 0 aliphatic rings. The summed E-state index contributed by atoms with van der Waals surface area (Å²) in [5, 5.41) is 8.41. The van der Waals surface area contributed by atoms with Gasteiger partial charge < -0.3 is 0 Å². The van der Waals surface area contributed by atoms with E-state index in [-0.39, 0.29) is 0 Å². The topological polar surface area (TPSA) is 30.7 Å². The van der Waals surface area contributed by atoms with Crippen LogP contribution in [0.3, 0.4) is 0 Å². The summed E-state index contributed by atoms with van der Waals surface area (Å²) in [6.45, 7) is 0. The molecule has 302 valence electrons. The summed E-state index contributed by atoms with van der Waals surface area (Å²) < 4.78 is 2.25. The largest absolute Gasteiger partial charge is 0.293 e. The standard InChI is InChI=1S/C62H39N3/c1-4-17-40(18-5-1)42-21-16-22-45(37-42)59-50-27-12-13-28-51(50)60(52-35-34-47(41-19-6-2-7-20-41)48-25-10-11-26-49(48)52)53-33-31-43(38-54(53)59)44-32-36-58-55(39-44)61-62(65(58)46-23-8-3-9-24-46)64-57-30-15-14-29-56(57)63-61/h1-39H. The summed E-state index contributed by atoms with van der Waals surface area (Å²) in [7, 11) is 0. The van der Waals surface area contributed by atoms with Gasteiger partial charge in [-0.3, -0.25) is 4.57 Å². The third-order valence-electron chi connectivity index (χ3n) is 13.2. The van der Waals surface area contributed by atoms with Crippen LogP contribution >= 0.6 is 0 Å². The van der Waals surface area contributed by atoms with E-state index in [1.165, 1.54) is 76.8 Å². The average molecular weight is 826 g/mol. The maximum Gasteiger partial charge on any atom is 0.165 e. The Morgan fingerprint density at radius 1 is 0.277 bits per heavy atom. The zero-order valence-corrected chi connectivity index (χ0v) is 35.4. The van der Waals surface area contributed by atoms with E-state index in [4.69, 9.17) is 9.97 Å². The molecule has 0 bridgehead atoms. The van der Waals surface area contributed by atoms with Gasteiger partial charge in [-0.1, -0.05) is 188 Å². The van der Waals surface area contributed by atoms with E-state index in [0.717, 1.165) is 49.9 Å². The Kier molecular flexibility index (Phi) is 8.53. The highest BCUT2D eigenvalue weighted by atomic mass is 15.1. The Morgan fingerprint density at radius 2 is 0.785 bits per heavy atom. The summed E-state index contributed by atoms with van der Waals surface area (Å²) in [5.41, 5.74) is 17.6. The molecule has 13 aromatic rings. The van der Waals surface area contributed by atoms with Crippen molar-refractivity contribution in [3.63, 3.8) is 0 Å². The second-order valence-corrected chi connectivity index (χ2v) is 16.9. The number of fused-ring (bicyclic) bond motifs is 7. The first-order valence-corrected chi connectivity index (χ1v) is 22.2. The first-order chi connectivity index (χ1) is 32.2. The van der Waals surface area contributed by atoms with Gasteiger partial charge in [0.1, 0.15) is 5.52 Å².